The smallest absolute Gasteiger partial charge is 0.282 e. The van der Waals surface area contributed by atoms with Gasteiger partial charge in [0, 0.05) is 26.2 Å². The highest BCUT2D eigenvalue weighted by Crippen LogP contribution is 2.31. The number of carbonyl (C=O) groups is 1. The monoisotopic (exact) mass is 381 g/mol. The molecule has 0 aromatic heterocycles. The molecule has 1 amide bonds. The lowest BCUT2D eigenvalue weighted by atomic mass is 10.0. The SMILES string of the molecule is COc1ccccc1N1CCN(S(=O)(=O)N2CCC(C)CC2)[C@@H](C)C1=O. The molecule has 1 aromatic carbocycles. The second-order valence-corrected chi connectivity index (χ2v) is 8.92. The van der Waals surface area contributed by atoms with Crippen molar-refractivity contribution in [1.29, 1.82) is 0 Å². The Hall–Kier alpha value is -1.64. The molecule has 2 aliphatic rings. The highest BCUT2D eigenvalue weighted by molar-refractivity contribution is 7.86. The van der Waals surface area contributed by atoms with Crippen LogP contribution >= 0.6 is 0 Å². The molecule has 2 saturated heterocycles. The van der Waals surface area contributed by atoms with Gasteiger partial charge in [-0.1, -0.05) is 19.1 Å². The van der Waals surface area contributed by atoms with E-state index in [1.165, 1.54) is 8.61 Å². The maximum absolute atomic E-state index is 13.0. The number of nitrogens with zero attached hydrogens (tertiary/aromatic N) is 3. The maximum Gasteiger partial charge on any atom is 0.282 e. The van der Waals surface area contributed by atoms with Gasteiger partial charge in [-0.2, -0.15) is 17.0 Å². The first kappa shape index (κ1) is 19.1. The molecular weight excluding hydrogens is 354 g/mol. The largest absolute Gasteiger partial charge is 0.495 e. The standard InChI is InChI=1S/C18H27N3O4S/c1-14-8-10-19(11-9-14)26(23,24)21-13-12-20(18(22)15(21)2)16-6-4-5-7-17(16)25-3/h4-7,14-15H,8-13H2,1-3H3/t15-/m0/s1. The molecule has 0 spiro atoms. The Morgan fingerprint density at radius 2 is 1.69 bits per heavy atom. The molecule has 0 N–H and O–H groups in total. The Labute approximate surface area is 155 Å². The molecule has 0 saturated carbocycles. The lowest BCUT2D eigenvalue weighted by Crippen LogP contribution is -2.61. The molecule has 0 bridgehead atoms. The van der Waals surface area contributed by atoms with Crippen molar-refractivity contribution in [2.45, 2.75) is 32.7 Å². The van der Waals surface area contributed by atoms with Gasteiger partial charge in [-0.05, 0) is 37.8 Å². The molecule has 2 heterocycles. The summed E-state index contributed by atoms with van der Waals surface area (Å²) in [6.07, 6.45) is 1.73. The fourth-order valence-corrected chi connectivity index (χ4v) is 5.39. The van der Waals surface area contributed by atoms with E-state index < -0.39 is 16.3 Å². The van der Waals surface area contributed by atoms with Crippen LogP contribution in [0.3, 0.4) is 0 Å². The molecule has 2 aliphatic heterocycles. The van der Waals surface area contributed by atoms with Crippen molar-refractivity contribution in [1.82, 2.24) is 8.61 Å². The number of piperidine rings is 1. The van der Waals surface area contributed by atoms with Crippen LogP contribution in [0.2, 0.25) is 0 Å². The van der Waals surface area contributed by atoms with Crippen LogP contribution in [0.4, 0.5) is 5.69 Å². The van der Waals surface area contributed by atoms with Gasteiger partial charge in [0.2, 0.25) is 5.91 Å². The summed E-state index contributed by atoms with van der Waals surface area (Å²) >= 11 is 0. The van der Waals surface area contributed by atoms with Crippen LogP contribution in [0.5, 0.6) is 5.75 Å². The number of anilines is 1. The number of amides is 1. The summed E-state index contributed by atoms with van der Waals surface area (Å²) in [7, 11) is -2.06. The van der Waals surface area contributed by atoms with Gasteiger partial charge in [-0.15, -0.1) is 0 Å². The molecule has 26 heavy (non-hydrogen) atoms. The van der Waals surface area contributed by atoms with Crippen molar-refractivity contribution in [2.75, 3.05) is 38.2 Å². The first-order valence-electron chi connectivity index (χ1n) is 9.07. The van der Waals surface area contributed by atoms with E-state index in [0.717, 1.165) is 12.8 Å². The molecule has 7 nitrogen and oxygen atoms in total. The number of para-hydroxylation sites is 2. The number of rotatable bonds is 4. The van der Waals surface area contributed by atoms with E-state index in [2.05, 4.69) is 6.92 Å². The van der Waals surface area contributed by atoms with E-state index in [1.807, 2.05) is 18.2 Å². The Morgan fingerprint density at radius 3 is 2.35 bits per heavy atom. The molecule has 1 aromatic rings. The number of ether oxygens (including phenoxy) is 1. The van der Waals surface area contributed by atoms with Gasteiger partial charge in [0.25, 0.3) is 10.2 Å². The lowest BCUT2D eigenvalue weighted by molar-refractivity contribution is -0.123. The number of hydrogen-bond donors (Lipinski definition) is 0. The second-order valence-electron chi connectivity index (χ2n) is 7.04. The van der Waals surface area contributed by atoms with Crippen molar-refractivity contribution in [3.05, 3.63) is 24.3 Å². The van der Waals surface area contributed by atoms with E-state index in [-0.39, 0.29) is 12.5 Å². The summed E-state index contributed by atoms with van der Waals surface area (Å²) in [4.78, 5) is 14.6. The summed E-state index contributed by atoms with van der Waals surface area (Å²) in [5, 5.41) is 0. The molecule has 3 rings (SSSR count). The third-order valence-electron chi connectivity index (χ3n) is 5.34. The average molecular weight is 381 g/mol. The third kappa shape index (κ3) is 3.45. The summed E-state index contributed by atoms with van der Waals surface area (Å²) in [6.45, 7) is 5.44. The minimum absolute atomic E-state index is 0.227. The minimum Gasteiger partial charge on any atom is -0.495 e. The summed E-state index contributed by atoms with van der Waals surface area (Å²) in [5.74, 6) is 0.923. The lowest BCUT2D eigenvalue weighted by Gasteiger charge is -2.41. The van der Waals surface area contributed by atoms with Crippen LogP contribution in [0.1, 0.15) is 26.7 Å². The predicted molar refractivity (Wildman–Crippen MR) is 100 cm³/mol. The van der Waals surface area contributed by atoms with Crippen LogP contribution in [0.15, 0.2) is 24.3 Å². The van der Waals surface area contributed by atoms with Crippen LogP contribution in [-0.2, 0) is 15.0 Å². The normalized spacial score (nSPS) is 24.0. The zero-order chi connectivity index (χ0) is 18.9. The Balaban J connectivity index is 1.79. The van der Waals surface area contributed by atoms with Crippen molar-refractivity contribution in [2.24, 2.45) is 5.92 Å². The van der Waals surface area contributed by atoms with E-state index in [0.29, 0.717) is 37.0 Å². The predicted octanol–water partition coefficient (Wildman–Crippen LogP) is 1.71. The topological polar surface area (TPSA) is 70.2 Å². The molecule has 0 aliphatic carbocycles. The highest BCUT2D eigenvalue weighted by Gasteiger charge is 2.42. The van der Waals surface area contributed by atoms with Gasteiger partial charge in [-0.3, -0.25) is 4.79 Å². The van der Waals surface area contributed by atoms with Crippen LogP contribution in [0.25, 0.3) is 0 Å². The summed E-state index contributed by atoms with van der Waals surface area (Å²) in [5.41, 5.74) is 0.677. The molecule has 0 unspecified atom stereocenters. The summed E-state index contributed by atoms with van der Waals surface area (Å²) < 4.78 is 34.3. The van der Waals surface area contributed by atoms with Gasteiger partial charge >= 0.3 is 0 Å². The quantitative estimate of drug-likeness (QED) is 0.796. The minimum atomic E-state index is -3.62. The average Bonchev–Trinajstić information content (AvgIpc) is 2.64. The van der Waals surface area contributed by atoms with Gasteiger partial charge in [0.05, 0.1) is 12.8 Å². The summed E-state index contributed by atoms with van der Waals surface area (Å²) in [6, 6.07) is 6.56. The molecule has 8 heteroatoms. The zero-order valence-electron chi connectivity index (χ0n) is 15.6. The van der Waals surface area contributed by atoms with Crippen LogP contribution < -0.4 is 9.64 Å². The zero-order valence-corrected chi connectivity index (χ0v) is 16.4. The number of piperazine rings is 1. The molecule has 144 valence electrons. The molecule has 1 atom stereocenters. The van der Waals surface area contributed by atoms with Gasteiger partial charge in [0.1, 0.15) is 11.8 Å². The Morgan fingerprint density at radius 1 is 1.04 bits per heavy atom. The van der Waals surface area contributed by atoms with Crippen LogP contribution in [0, 0.1) is 5.92 Å². The fourth-order valence-electron chi connectivity index (χ4n) is 3.62. The Kier molecular flexibility index (Phi) is 5.55. The molecule has 2 fully saturated rings. The second kappa shape index (κ2) is 7.54. The van der Waals surface area contributed by atoms with E-state index >= 15 is 0 Å². The maximum atomic E-state index is 13.0. The van der Waals surface area contributed by atoms with Crippen molar-refractivity contribution >= 4 is 21.8 Å². The highest BCUT2D eigenvalue weighted by atomic mass is 32.2. The van der Waals surface area contributed by atoms with E-state index in [4.69, 9.17) is 4.74 Å². The van der Waals surface area contributed by atoms with Gasteiger partial charge in [-0.25, -0.2) is 0 Å². The first-order valence-corrected chi connectivity index (χ1v) is 10.5. The van der Waals surface area contributed by atoms with Crippen molar-refractivity contribution in [3.63, 3.8) is 0 Å². The Bertz CT molecular complexity index is 759. The van der Waals surface area contributed by atoms with Crippen LogP contribution in [-0.4, -0.2) is 62.3 Å². The molecule has 0 radical (unpaired) electrons. The fraction of sp³-hybridized carbons (Fsp3) is 0.611. The van der Waals surface area contributed by atoms with Crippen molar-refractivity contribution in [3.8, 4) is 5.75 Å². The number of methoxy groups -OCH3 is 1. The first-order chi connectivity index (χ1) is 12.4. The number of benzene rings is 1. The van der Waals surface area contributed by atoms with Gasteiger partial charge < -0.3 is 9.64 Å². The van der Waals surface area contributed by atoms with E-state index in [9.17, 15) is 13.2 Å². The number of carbonyl (C=O) groups excluding carboxylic acids is 1. The molecular formula is C18H27N3O4S. The third-order valence-corrected chi connectivity index (χ3v) is 7.45. The van der Waals surface area contributed by atoms with E-state index in [1.54, 1.807) is 25.0 Å². The van der Waals surface area contributed by atoms with Gasteiger partial charge in [0.15, 0.2) is 0 Å². The van der Waals surface area contributed by atoms with Crippen molar-refractivity contribution < 1.29 is 17.9 Å². The number of hydrogen-bond acceptors (Lipinski definition) is 4.